The summed E-state index contributed by atoms with van der Waals surface area (Å²) in [6.07, 6.45) is 1.55. The maximum Gasteiger partial charge on any atom is 0.243 e. The number of aromatic nitrogens is 3. The highest BCUT2D eigenvalue weighted by atomic mass is 32.2. The van der Waals surface area contributed by atoms with Gasteiger partial charge in [-0.05, 0) is 25.0 Å². The lowest BCUT2D eigenvalue weighted by Crippen LogP contribution is -2.39. The maximum atomic E-state index is 13.0. The summed E-state index contributed by atoms with van der Waals surface area (Å²) in [4.78, 5) is 11.4. The molecule has 0 unspecified atom stereocenters. The number of piperidine rings is 1. The van der Waals surface area contributed by atoms with Gasteiger partial charge in [-0.15, -0.1) is 10.2 Å². The number of nitrogens with zero attached hydrogens (tertiary/aromatic N) is 4. The van der Waals surface area contributed by atoms with E-state index in [2.05, 4.69) is 10.2 Å². The standard InChI is InChI=1S/C18H25N5O4S2/c1-27-11-10-23-17(20-21-18(23)28-13-16(19)24)14-6-5-9-22(12-14)29(25,26)15-7-3-2-4-8-15/h2-4,7-8,14H,5-6,9-13H2,1H3,(H2,19,24)/t14-/m1/s1. The molecule has 0 aliphatic carbocycles. The molecule has 1 aromatic carbocycles. The molecule has 1 amide bonds. The van der Waals surface area contributed by atoms with E-state index in [1.165, 1.54) is 16.1 Å². The van der Waals surface area contributed by atoms with E-state index in [1.54, 1.807) is 37.4 Å². The number of sulfonamides is 1. The summed E-state index contributed by atoms with van der Waals surface area (Å²) in [7, 11) is -1.96. The summed E-state index contributed by atoms with van der Waals surface area (Å²) in [5, 5.41) is 9.11. The van der Waals surface area contributed by atoms with Crippen molar-refractivity contribution < 1.29 is 17.9 Å². The number of benzene rings is 1. The zero-order chi connectivity index (χ0) is 20.9. The minimum absolute atomic E-state index is 0.0884. The Morgan fingerprint density at radius 3 is 2.76 bits per heavy atom. The van der Waals surface area contributed by atoms with E-state index >= 15 is 0 Å². The summed E-state index contributed by atoms with van der Waals surface area (Å²) >= 11 is 1.22. The predicted octanol–water partition coefficient (Wildman–Crippen LogP) is 1.07. The van der Waals surface area contributed by atoms with Gasteiger partial charge >= 0.3 is 0 Å². The van der Waals surface area contributed by atoms with Crippen molar-refractivity contribution in [3.63, 3.8) is 0 Å². The predicted molar refractivity (Wildman–Crippen MR) is 109 cm³/mol. The molecule has 1 saturated heterocycles. The lowest BCUT2D eigenvalue weighted by atomic mass is 9.99. The molecule has 2 heterocycles. The van der Waals surface area contributed by atoms with Crippen LogP contribution in [0.25, 0.3) is 0 Å². The third-order valence-corrected chi connectivity index (χ3v) is 7.61. The molecule has 1 aromatic heterocycles. The van der Waals surface area contributed by atoms with E-state index in [0.29, 0.717) is 42.1 Å². The molecule has 0 radical (unpaired) electrons. The van der Waals surface area contributed by atoms with Crippen molar-refractivity contribution in [2.75, 3.05) is 32.6 Å². The number of amides is 1. The van der Waals surface area contributed by atoms with E-state index in [1.807, 2.05) is 4.57 Å². The molecule has 158 valence electrons. The molecule has 9 nitrogen and oxygen atoms in total. The SMILES string of the molecule is COCCn1c(SCC(N)=O)nnc1[C@@H]1CCCN(S(=O)(=O)c2ccccc2)C1. The molecule has 0 spiro atoms. The third kappa shape index (κ3) is 5.16. The largest absolute Gasteiger partial charge is 0.383 e. The van der Waals surface area contributed by atoms with Crippen LogP contribution in [0.4, 0.5) is 0 Å². The number of ether oxygens (including phenoxy) is 1. The second kappa shape index (κ2) is 9.70. The number of carbonyl (C=O) groups is 1. The van der Waals surface area contributed by atoms with Crippen LogP contribution in [0.1, 0.15) is 24.6 Å². The summed E-state index contributed by atoms with van der Waals surface area (Å²) in [6, 6.07) is 8.45. The van der Waals surface area contributed by atoms with Crippen molar-refractivity contribution in [2.24, 2.45) is 5.73 Å². The van der Waals surface area contributed by atoms with Crippen LogP contribution >= 0.6 is 11.8 Å². The highest BCUT2D eigenvalue weighted by Crippen LogP contribution is 2.31. The van der Waals surface area contributed by atoms with E-state index in [4.69, 9.17) is 10.5 Å². The topological polar surface area (TPSA) is 120 Å². The van der Waals surface area contributed by atoms with Gasteiger partial charge in [0.15, 0.2) is 5.16 Å². The van der Waals surface area contributed by atoms with E-state index in [9.17, 15) is 13.2 Å². The lowest BCUT2D eigenvalue weighted by molar-refractivity contribution is -0.115. The number of primary amides is 1. The maximum absolute atomic E-state index is 13.0. The number of rotatable bonds is 9. The van der Waals surface area contributed by atoms with Gasteiger partial charge in [-0.1, -0.05) is 30.0 Å². The first-order valence-corrected chi connectivity index (χ1v) is 11.7. The van der Waals surface area contributed by atoms with Crippen LogP contribution in [0.3, 0.4) is 0 Å². The molecule has 1 atom stereocenters. The molecule has 3 rings (SSSR count). The number of methoxy groups -OCH3 is 1. The van der Waals surface area contributed by atoms with Crippen molar-refractivity contribution >= 4 is 27.7 Å². The Morgan fingerprint density at radius 1 is 1.31 bits per heavy atom. The van der Waals surface area contributed by atoms with E-state index in [0.717, 1.165) is 12.8 Å². The summed E-state index contributed by atoms with van der Waals surface area (Å²) < 4.78 is 34.6. The molecule has 0 bridgehead atoms. The molecule has 29 heavy (non-hydrogen) atoms. The molecule has 2 N–H and O–H groups in total. The average molecular weight is 440 g/mol. The van der Waals surface area contributed by atoms with Crippen LogP contribution < -0.4 is 5.73 Å². The fourth-order valence-electron chi connectivity index (χ4n) is 3.35. The zero-order valence-electron chi connectivity index (χ0n) is 16.2. The van der Waals surface area contributed by atoms with Crippen molar-refractivity contribution in [3.8, 4) is 0 Å². The average Bonchev–Trinajstić information content (AvgIpc) is 3.14. The monoisotopic (exact) mass is 439 g/mol. The Hall–Kier alpha value is -1.95. The van der Waals surface area contributed by atoms with Crippen molar-refractivity contribution in [1.29, 1.82) is 0 Å². The first-order chi connectivity index (χ1) is 13.9. The van der Waals surface area contributed by atoms with Gasteiger partial charge in [0.05, 0.1) is 17.3 Å². The summed E-state index contributed by atoms with van der Waals surface area (Å²) in [6.45, 7) is 1.78. The van der Waals surface area contributed by atoms with Crippen LogP contribution in [0.5, 0.6) is 0 Å². The third-order valence-electron chi connectivity index (χ3n) is 4.74. The van der Waals surface area contributed by atoms with E-state index < -0.39 is 15.9 Å². The molecular weight excluding hydrogens is 414 g/mol. The molecule has 1 aliphatic heterocycles. The number of nitrogens with two attached hydrogens (primary N) is 1. The van der Waals surface area contributed by atoms with Crippen molar-refractivity contribution in [3.05, 3.63) is 36.2 Å². The van der Waals surface area contributed by atoms with E-state index in [-0.39, 0.29) is 11.7 Å². The molecule has 0 saturated carbocycles. The van der Waals surface area contributed by atoms with Crippen LogP contribution in [0.15, 0.2) is 40.4 Å². The fraction of sp³-hybridized carbons (Fsp3) is 0.500. The molecule has 1 aliphatic rings. The minimum Gasteiger partial charge on any atom is -0.383 e. The first kappa shape index (κ1) is 21.8. The summed E-state index contributed by atoms with van der Waals surface area (Å²) in [5.74, 6) is 0.289. The first-order valence-electron chi connectivity index (χ1n) is 9.32. The van der Waals surface area contributed by atoms with Crippen LogP contribution in [0, 0.1) is 0 Å². The quantitative estimate of drug-likeness (QED) is 0.580. The second-order valence-electron chi connectivity index (χ2n) is 6.76. The number of thioether (sulfide) groups is 1. The summed E-state index contributed by atoms with van der Waals surface area (Å²) in [5.41, 5.74) is 5.25. The van der Waals surface area contributed by atoms with Gasteiger partial charge in [-0.2, -0.15) is 4.31 Å². The molecule has 1 fully saturated rings. The number of hydrogen-bond acceptors (Lipinski definition) is 7. The van der Waals surface area contributed by atoms with Gasteiger partial charge in [0, 0.05) is 32.7 Å². The van der Waals surface area contributed by atoms with Crippen LogP contribution in [0.2, 0.25) is 0 Å². The highest BCUT2D eigenvalue weighted by Gasteiger charge is 2.33. The number of carbonyl (C=O) groups excluding carboxylic acids is 1. The van der Waals surface area contributed by atoms with Crippen LogP contribution in [-0.4, -0.2) is 66.0 Å². The Kier molecular flexibility index (Phi) is 7.28. The van der Waals surface area contributed by atoms with Gasteiger partial charge < -0.3 is 15.0 Å². The Labute approximate surface area is 174 Å². The Balaban J connectivity index is 1.83. The molecule has 11 heteroatoms. The number of hydrogen-bond donors (Lipinski definition) is 1. The van der Waals surface area contributed by atoms with Gasteiger partial charge in [0.1, 0.15) is 5.82 Å². The van der Waals surface area contributed by atoms with Crippen LogP contribution in [-0.2, 0) is 26.1 Å². The highest BCUT2D eigenvalue weighted by molar-refractivity contribution is 7.99. The van der Waals surface area contributed by atoms with Crippen molar-refractivity contribution in [1.82, 2.24) is 19.1 Å². The molecule has 2 aromatic rings. The van der Waals surface area contributed by atoms with Crippen molar-refractivity contribution in [2.45, 2.75) is 35.4 Å². The smallest absolute Gasteiger partial charge is 0.243 e. The normalized spacial score (nSPS) is 18.0. The zero-order valence-corrected chi connectivity index (χ0v) is 17.9. The minimum atomic E-state index is -3.56. The Morgan fingerprint density at radius 2 is 2.07 bits per heavy atom. The lowest BCUT2D eigenvalue weighted by Gasteiger charge is -2.31. The van der Waals surface area contributed by atoms with Gasteiger partial charge in [0.2, 0.25) is 15.9 Å². The van der Waals surface area contributed by atoms with Gasteiger partial charge in [-0.25, -0.2) is 8.42 Å². The molecular formula is C18H25N5O4S2. The second-order valence-corrected chi connectivity index (χ2v) is 9.64. The van der Waals surface area contributed by atoms with Gasteiger partial charge in [-0.3, -0.25) is 4.79 Å². The Bertz CT molecular complexity index is 933. The fourth-order valence-corrected chi connectivity index (χ4v) is 5.61. The van der Waals surface area contributed by atoms with Gasteiger partial charge in [0.25, 0.3) is 0 Å².